The second kappa shape index (κ2) is 4.48. The Balaban J connectivity index is 2.00. The predicted molar refractivity (Wildman–Crippen MR) is 84.8 cm³/mol. The van der Waals surface area contributed by atoms with Crippen LogP contribution < -0.4 is 0 Å². The van der Waals surface area contributed by atoms with Crippen LogP contribution in [0.25, 0.3) is 22.2 Å². The number of hydrogen-bond acceptors (Lipinski definition) is 1. The molecule has 3 aromatic rings. The van der Waals surface area contributed by atoms with Crippen LogP contribution in [0.15, 0.2) is 35.2 Å². The summed E-state index contributed by atoms with van der Waals surface area (Å²) in [5.41, 5.74) is 5.03. The fourth-order valence-electron chi connectivity index (χ4n) is 3.25. The number of nitrogens with zero attached hydrogens (tertiary/aromatic N) is 3. The number of hydrogen-bond donors (Lipinski definition) is 0. The average Bonchev–Trinajstić information content (AvgIpc) is 2.99. The Morgan fingerprint density at radius 2 is 2.05 bits per heavy atom. The number of aryl methyl sites for hydroxylation is 1. The van der Waals surface area contributed by atoms with Gasteiger partial charge < -0.3 is 9.13 Å². The lowest BCUT2D eigenvalue weighted by Gasteiger charge is -2.15. The second-order valence-corrected chi connectivity index (χ2v) is 6.16. The highest BCUT2D eigenvalue weighted by Crippen LogP contribution is 2.35. The molecule has 0 aliphatic carbocycles. The van der Waals surface area contributed by atoms with Crippen molar-refractivity contribution in [3.05, 3.63) is 40.9 Å². The lowest BCUT2D eigenvalue weighted by molar-refractivity contribution is 0.525. The minimum absolute atomic E-state index is 0.968. The van der Waals surface area contributed by atoms with Crippen molar-refractivity contribution in [2.45, 2.75) is 25.8 Å². The Labute approximate surface area is 126 Å². The molecule has 4 rings (SSSR count). The van der Waals surface area contributed by atoms with Gasteiger partial charge in [0, 0.05) is 41.9 Å². The Hall–Kier alpha value is -1.55. The number of imidazole rings is 1. The molecule has 0 radical (unpaired) electrons. The maximum Gasteiger partial charge on any atom is 0.177 e. The minimum atomic E-state index is 0.968. The summed E-state index contributed by atoms with van der Waals surface area (Å²) < 4.78 is 5.48. The van der Waals surface area contributed by atoms with Crippen LogP contribution in [0.1, 0.15) is 18.5 Å². The van der Waals surface area contributed by atoms with Crippen LogP contribution in [0.5, 0.6) is 0 Å². The highest BCUT2D eigenvalue weighted by Gasteiger charge is 2.21. The molecule has 2 aromatic heterocycles. The predicted octanol–water partition coefficient (Wildman–Crippen LogP) is 4.14. The van der Waals surface area contributed by atoms with Crippen LogP contribution in [0, 0.1) is 0 Å². The van der Waals surface area contributed by atoms with Gasteiger partial charge in [-0.05, 0) is 41.3 Å². The number of benzene rings is 1. The topological polar surface area (TPSA) is 22.8 Å². The summed E-state index contributed by atoms with van der Waals surface area (Å²) in [6, 6.07) is 8.54. The van der Waals surface area contributed by atoms with Crippen molar-refractivity contribution in [1.29, 1.82) is 0 Å². The van der Waals surface area contributed by atoms with Gasteiger partial charge in [-0.1, -0.05) is 18.2 Å². The minimum Gasteiger partial charge on any atom is -0.350 e. The van der Waals surface area contributed by atoms with Gasteiger partial charge >= 0.3 is 0 Å². The van der Waals surface area contributed by atoms with Crippen LogP contribution in [-0.4, -0.2) is 14.1 Å². The molecule has 0 saturated carbocycles. The van der Waals surface area contributed by atoms with Crippen LogP contribution in [-0.2, 0) is 20.0 Å². The van der Waals surface area contributed by atoms with Gasteiger partial charge in [-0.15, -0.1) is 0 Å². The van der Waals surface area contributed by atoms with Crippen molar-refractivity contribution in [1.82, 2.24) is 14.1 Å². The summed E-state index contributed by atoms with van der Waals surface area (Å²) >= 11 is 3.62. The van der Waals surface area contributed by atoms with E-state index < -0.39 is 0 Å². The van der Waals surface area contributed by atoms with E-state index in [1.807, 2.05) is 0 Å². The van der Waals surface area contributed by atoms with E-state index in [9.17, 15) is 0 Å². The highest BCUT2D eigenvalue weighted by molar-refractivity contribution is 9.10. The van der Waals surface area contributed by atoms with Gasteiger partial charge in [0.1, 0.15) is 0 Å². The molecule has 20 heavy (non-hydrogen) atoms. The molecule has 0 amide bonds. The Kier molecular flexibility index (Phi) is 2.74. The van der Waals surface area contributed by atoms with E-state index in [4.69, 9.17) is 4.98 Å². The van der Waals surface area contributed by atoms with E-state index in [1.165, 1.54) is 35.0 Å². The Bertz CT molecular complexity index is 798. The van der Waals surface area contributed by atoms with Crippen LogP contribution >= 0.6 is 15.9 Å². The third-order valence-corrected chi connectivity index (χ3v) is 4.83. The molecule has 3 nitrogen and oxygen atoms in total. The lowest BCUT2D eigenvalue weighted by atomic mass is 10.0. The number of rotatable bonds is 1. The maximum atomic E-state index is 4.79. The lowest BCUT2D eigenvalue weighted by Crippen LogP contribution is -2.10. The third-order valence-electron chi connectivity index (χ3n) is 4.22. The van der Waals surface area contributed by atoms with E-state index >= 15 is 0 Å². The van der Waals surface area contributed by atoms with Crippen molar-refractivity contribution < 1.29 is 0 Å². The fourth-order valence-corrected chi connectivity index (χ4v) is 3.81. The number of para-hydroxylation sites is 1. The zero-order valence-corrected chi connectivity index (χ0v) is 13.0. The molecule has 102 valence electrons. The maximum absolute atomic E-state index is 4.79. The first-order chi connectivity index (χ1) is 9.75. The van der Waals surface area contributed by atoms with Gasteiger partial charge in [0.15, 0.2) is 4.73 Å². The monoisotopic (exact) mass is 329 g/mol. The van der Waals surface area contributed by atoms with Crippen LogP contribution in [0.4, 0.5) is 0 Å². The number of halogens is 1. The van der Waals surface area contributed by atoms with Gasteiger partial charge in [0.05, 0.1) is 5.69 Å². The van der Waals surface area contributed by atoms with Crippen molar-refractivity contribution in [2.75, 3.05) is 0 Å². The summed E-state index contributed by atoms with van der Waals surface area (Å²) in [5, 5.41) is 1.29. The summed E-state index contributed by atoms with van der Waals surface area (Å²) in [6.07, 6.45) is 5.83. The smallest absolute Gasteiger partial charge is 0.177 e. The van der Waals surface area contributed by atoms with Gasteiger partial charge in [0.25, 0.3) is 0 Å². The van der Waals surface area contributed by atoms with E-state index in [-0.39, 0.29) is 0 Å². The highest BCUT2D eigenvalue weighted by atomic mass is 79.9. The van der Waals surface area contributed by atoms with E-state index in [2.05, 4.69) is 62.6 Å². The normalized spacial score (nSPS) is 14.7. The first-order valence-corrected chi connectivity index (χ1v) is 7.84. The SMILES string of the molecule is Cn1cc(-c2nc(Br)n3c2CCCC3)c2ccccc21. The standard InChI is InChI=1S/C16H16BrN3/c1-19-10-12(11-6-2-3-7-13(11)19)15-14-8-4-5-9-20(14)16(17)18-15/h2-3,6-7,10H,4-5,8-9H2,1H3. The molecule has 0 fully saturated rings. The second-order valence-electron chi connectivity index (χ2n) is 5.46. The molecule has 1 aromatic carbocycles. The largest absolute Gasteiger partial charge is 0.350 e. The summed E-state index contributed by atoms with van der Waals surface area (Å²) in [6.45, 7) is 1.08. The molecule has 3 heterocycles. The van der Waals surface area contributed by atoms with Gasteiger partial charge in [0.2, 0.25) is 0 Å². The molecule has 0 unspecified atom stereocenters. The molecule has 1 aliphatic heterocycles. The molecule has 0 atom stereocenters. The summed E-state index contributed by atoms with van der Waals surface area (Å²) in [5.74, 6) is 0. The molecule has 0 N–H and O–H groups in total. The number of fused-ring (bicyclic) bond motifs is 2. The van der Waals surface area contributed by atoms with Gasteiger partial charge in [-0.2, -0.15) is 0 Å². The Morgan fingerprint density at radius 3 is 2.95 bits per heavy atom. The van der Waals surface area contributed by atoms with Crippen LogP contribution in [0.3, 0.4) is 0 Å². The molecule has 0 bridgehead atoms. The molecular formula is C16H16BrN3. The zero-order valence-electron chi connectivity index (χ0n) is 11.4. The summed E-state index contributed by atoms with van der Waals surface area (Å²) in [4.78, 5) is 4.79. The first kappa shape index (κ1) is 12.2. The van der Waals surface area contributed by atoms with Crippen LogP contribution in [0.2, 0.25) is 0 Å². The van der Waals surface area contributed by atoms with Gasteiger partial charge in [-0.25, -0.2) is 4.98 Å². The van der Waals surface area contributed by atoms with Crippen molar-refractivity contribution in [3.8, 4) is 11.3 Å². The summed E-state index contributed by atoms with van der Waals surface area (Å²) in [7, 11) is 2.10. The molecule has 0 saturated heterocycles. The average molecular weight is 330 g/mol. The molecule has 1 aliphatic rings. The quantitative estimate of drug-likeness (QED) is 0.657. The van der Waals surface area contributed by atoms with Crippen molar-refractivity contribution >= 4 is 26.8 Å². The molecule has 0 spiro atoms. The van der Waals surface area contributed by atoms with E-state index in [0.29, 0.717) is 0 Å². The zero-order chi connectivity index (χ0) is 13.7. The third kappa shape index (κ3) is 1.67. The van der Waals surface area contributed by atoms with Crippen molar-refractivity contribution in [3.63, 3.8) is 0 Å². The van der Waals surface area contributed by atoms with Crippen molar-refractivity contribution in [2.24, 2.45) is 7.05 Å². The first-order valence-electron chi connectivity index (χ1n) is 7.05. The van der Waals surface area contributed by atoms with Gasteiger partial charge in [-0.3, -0.25) is 0 Å². The molecular weight excluding hydrogens is 314 g/mol. The van der Waals surface area contributed by atoms with E-state index in [0.717, 1.165) is 23.4 Å². The fraction of sp³-hybridized carbons (Fsp3) is 0.312. The Morgan fingerprint density at radius 1 is 1.20 bits per heavy atom. The number of aromatic nitrogens is 3. The van der Waals surface area contributed by atoms with E-state index in [1.54, 1.807) is 0 Å². The molecule has 4 heteroatoms.